The molecule has 2 amide bonds. The molecule has 3 aromatic rings. The molecule has 0 atom stereocenters. The van der Waals surface area contributed by atoms with Crippen molar-refractivity contribution in [3.05, 3.63) is 47.9 Å². The van der Waals surface area contributed by atoms with Gasteiger partial charge in [0.25, 0.3) is 0 Å². The fraction of sp³-hybridized carbons (Fsp3) is 0.318. The minimum absolute atomic E-state index is 0.00847. The highest BCUT2D eigenvalue weighted by Crippen LogP contribution is 2.37. The maximum atomic E-state index is 13.2. The summed E-state index contributed by atoms with van der Waals surface area (Å²) in [6.07, 6.45) is 5.32. The van der Waals surface area contributed by atoms with Crippen molar-refractivity contribution in [3.63, 3.8) is 0 Å². The van der Waals surface area contributed by atoms with E-state index >= 15 is 0 Å². The van der Waals surface area contributed by atoms with Gasteiger partial charge in [0, 0.05) is 36.6 Å². The lowest BCUT2D eigenvalue weighted by Gasteiger charge is -2.41. The van der Waals surface area contributed by atoms with E-state index in [0.29, 0.717) is 12.2 Å². The standard InChI is InChI=1S/C22H21N7O/c1-28-13-15-12-26-19-5-4-18(14-2-3-16(10-23)25-11-14)27-20(19)21(15)29(22(28)30)17-6-8-24-9-7-17/h2-5,11-12,17,24H,6-9,13H2,1H3. The van der Waals surface area contributed by atoms with Crippen LogP contribution in [0.3, 0.4) is 0 Å². The highest BCUT2D eigenvalue weighted by atomic mass is 16.2. The number of piperidine rings is 1. The number of hydrogen-bond donors (Lipinski definition) is 1. The van der Waals surface area contributed by atoms with Gasteiger partial charge in [0.2, 0.25) is 0 Å². The lowest BCUT2D eigenvalue weighted by molar-refractivity contribution is 0.205. The monoisotopic (exact) mass is 399 g/mol. The van der Waals surface area contributed by atoms with Crippen LogP contribution < -0.4 is 10.2 Å². The van der Waals surface area contributed by atoms with Crippen molar-refractivity contribution in [2.24, 2.45) is 0 Å². The van der Waals surface area contributed by atoms with Gasteiger partial charge < -0.3 is 10.2 Å². The molecule has 30 heavy (non-hydrogen) atoms. The molecule has 8 nitrogen and oxygen atoms in total. The van der Waals surface area contributed by atoms with Crippen LogP contribution in [0.4, 0.5) is 10.5 Å². The molecule has 0 saturated carbocycles. The smallest absolute Gasteiger partial charge is 0.323 e. The Hall–Kier alpha value is -3.57. The molecule has 5 heterocycles. The van der Waals surface area contributed by atoms with Gasteiger partial charge in [-0.25, -0.2) is 14.8 Å². The molecule has 5 rings (SSSR count). The van der Waals surface area contributed by atoms with Crippen LogP contribution in [0.2, 0.25) is 0 Å². The number of fused-ring (bicyclic) bond motifs is 3. The van der Waals surface area contributed by atoms with Gasteiger partial charge in [0.1, 0.15) is 17.3 Å². The maximum Gasteiger partial charge on any atom is 0.324 e. The quantitative estimate of drug-likeness (QED) is 0.711. The number of pyridine rings is 3. The number of amides is 2. The zero-order valence-electron chi connectivity index (χ0n) is 16.7. The van der Waals surface area contributed by atoms with E-state index in [-0.39, 0.29) is 12.1 Å². The lowest BCUT2D eigenvalue weighted by atomic mass is 10.0. The molecule has 3 aromatic heterocycles. The Bertz CT molecular complexity index is 1160. The van der Waals surface area contributed by atoms with E-state index in [2.05, 4.69) is 15.3 Å². The van der Waals surface area contributed by atoms with Crippen molar-refractivity contribution in [1.29, 1.82) is 5.26 Å². The molecule has 0 bridgehead atoms. The molecule has 1 N–H and O–H groups in total. The first kappa shape index (κ1) is 18.5. The number of rotatable bonds is 2. The summed E-state index contributed by atoms with van der Waals surface area (Å²) in [5, 5.41) is 12.4. The summed E-state index contributed by atoms with van der Waals surface area (Å²) in [7, 11) is 1.83. The number of carbonyl (C=O) groups excluding carboxylic acids is 1. The predicted molar refractivity (Wildman–Crippen MR) is 113 cm³/mol. The van der Waals surface area contributed by atoms with Gasteiger partial charge in [0.05, 0.1) is 23.4 Å². The third-order valence-electron chi connectivity index (χ3n) is 5.79. The van der Waals surface area contributed by atoms with E-state index in [1.165, 1.54) is 0 Å². The molecule has 0 unspecified atom stereocenters. The Morgan fingerprint density at radius 3 is 2.70 bits per heavy atom. The molecule has 0 radical (unpaired) electrons. The molecule has 1 fully saturated rings. The summed E-state index contributed by atoms with van der Waals surface area (Å²) in [6.45, 7) is 2.31. The number of anilines is 1. The highest BCUT2D eigenvalue weighted by Gasteiger charge is 2.36. The van der Waals surface area contributed by atoms with E-state index < -0.39 is 0 Å². The second-order valence-electron chi connectivity index (χ2n) is 7.73. The van der Waals surface area contributed by atoms with Crippen LogP contribution in [0.25, 0.3) is 22.3 Å². The summed E-state index contributed by atoms with van der Waals surface area (Å²) >= 11 is 0. The van der Waals surface area contributed by atoms with Crippen molar-refractivity contribution >= 4 is 22.8 Å². The first-order valence-corrected chi connectivity index (χ1v) is 10.1. The number of nitriles is 1. The third-order valence-corrected chi connectivity index (χ3v) is 5.79. The van der Waals surface area contributed by atoms with Gasteiger partial charge in [-0.1, -0.05) is 0 Å². The number of nitrogens with one attached hydrogen (secondary N) is 1. The average molecular weight is 399 g/mol. The van der Waals surface area contributed by atoms with Crippen molar-refractivity contribution in [3.8, 4) is 17.3 Å². The Kier molecular flexibility index (Phi) is 4.52. The van der Waals surface area contributed by atoms with E-state index in [1.807, 2.05) is 42.4 Å². The molecule has 8 heteroatoms. The molecule has 150 valence electrons. The van der Waals surface area contributed by atoms with Gasteiger partial charge in [-0.05, 0) is 50.2 Å². The molecule has 0 aliphatic carbocycles. The topological polar surface area (TPSA) is 98.0 Å². The minimum Gasteiger partial charge on any atom is -0.323 e. The largest absolute Gasteiger partial charge is 0.324 e. The summed E-state index contributed by atoms with van der Waals surface area (Å²) in [4.78, 5) is 30.5. The molecule has 0 aromatic carbocycles. The van der Waals surface area contributed by atoms with Crippen LogP contribution in [0.15, 0.2) is 36.7 Å². The second kappa shape index (κ2) is 7.35. The summed E-state index contributed by atoms with van der Waals surface area (Å²) in [6, 6.07) is 9.52. The van der Waals surface area contributed by atoms with Crippen molar-refractivity contribution in [1.82, 2.24) is 25.2 Å². The van der Waals surface area contributed by atoms with Crippen LogP contribution in [-0.4, -0.2) is 52.1 Å². The van der Waals surface area contributed by atoms with E-state index in [4.69, 9.17) is 10.2 Å². The van der Waals surface area contributed by atoms with Crippen molar-refractivity contribution in [2.45, 2.75) is 25.4 Å². The second-order valence-corrected chi connectivity index (χ2v) is 7.73. The molecular formula is C22H21N7O. The maximum absolute atomic E-state index is 13.2. The number of hydrogen-bond acceptors (Lipinski definition) is 6. The highest BCUT2D eigenvalue weighted by molar-refractivity contribution is 6.04. The van der Waals surface area contributed by atoms with Gasteiger partial charge in [-0.3, -0.25) is 9.88 Å². The van der Waals surface area contributed by atoms with Crippen molar-refractivity contribution in [2.75, 3.05) is 25.0 Å². The zero-order chi connectivity index (χ0) is 20.7. The van der Waals surface area contributed by atoms with E-state index in [1.54, 1.807) is 17.2 Å². The Morgan fingerprint density at radius 2 is 1.97 bits per heavy atom. The van der Waals surface area contributed by atoms with Crippen molar-refractivity contribution < 1.29 is 4.79 Å². The summed E-state index contributed by atoms with van der Waals surface area (Å²) in [5.41, 5.74) is 5.30. The molecular weight excluding hydrogens is 378 g/mol. The Morgan fingerprint density at radius 1 is 1.13 bits per heavy atom. The first-order chi connectivity index (χ1) is 14.7. The third kappa shape index (κ3) is 3.04. The Balaban J connectivity index is 1.67. The average Bonchev–Trinajstić information content (AvgIpc) is 2.80. The van der Waals surface area contributed by atoms with Crippen LogP contribution >= 0.6 is 0 Å². The van der Waals surface area contributed by atoms with Crippen LogP contribution in [0.1, 0.15) is 24.1 Å². The minimum atomic E-state index is 0.00847. The van der Waals surface area contributed by atoms with Gasteiger partial charge >= 0.3 is 6.03 Å². The zero-order valence-corrected chi connectivity index (χ0v) is 16.7. The first-order valence-electron chi connectivity index (χ1n) is 10.1. The predicted octanol–water partition coefficient (Wildman–Crippen LogP) is 2.69. The molecule has 2 aliphatic rings. The van der Waals surface area contributed by atoms with Gasteiger partial charge in [-0.2, -0.15) is 5.26 Å². The normalized spacial score (nSPS) is 17.1. The van der Waals surface area contributed by atoms with Crippen LogP contribution in [-0.2, 0) is 6.54 Å². The lowest BCUT2D eigenvalue weighted by Crippen LogP contribution is -2.53. The van der Waals surface area contributed by atoms with Gasteiger partial charge in [-0.15, -0.1) is 0 Å². The fourth-order valence-electron chi connectivity index (χ4n) is 4.25. The van der Waals surface area contributed by atoms with E-state index in [0.717, 1.165) is 59.5 Å². The fourth-order valence-corrected chi connectivity index (χ4v) is 4.25. The SMILES string of the molecule is CN1Cc2cnc3ccc(-c4ccc(C#N)nc4)nc3c2N(C2CCNCC2)C1=O. The number of nitrogens with zero attached hydrogens (tertiary/aromatic N) is 6. The van der Waals surface area contributed by atoms with Gasteiger partial charge in [0.15, 0.2) is 0 Å². The van der Waals surface area contributed by atoms with Crippen LogP contribution in [0, 0.1) is 11.3 Å². The number of urea groups is 1. The molecule has 0 spiro atoms. The molecule has 2 aliphatic heterocycles. The number of carbonyl (C=O) groups is 1. The Labute approximate surface area is 174 Å². The van der Waals surface area contributed by atoms with Crippen LogP contribution in [0.5, 0.6) is 0 Å². The summed E-state index contributed by atoms with van der Waals surface area (Å²) in [5.74, 6) is 0. The number of aromatic nitrogens is 3. The molecule has 1 saturated heterocycles. The van der Waals surface area contributed by atoms with E-state index in [9.17, 15) is 4.79 Å². The summed E-state index contributed by atoms with van der Waals surface area (Å²) < 4.78 is 0.